The Balaban J connectivity index is 1.85. The van der Waals surface area contributed by atoms with Crippen molar-refractivity contribution in [2.45, 2.75) is 12.5 Å². The van der Waals surface area contributed by atoms with Gasteiger partial charge in [0, 0.05) is 18.5 Å². The van der Waals surface area contributed by atoms with Crippen LogP contribution in [0.4, 0.5) is 4.39 Å². The number of benzene rings is 1. The topological polar surface area (TPSA) is 34.1 Å². The lowest BCUT2D eigenvalue weighted by Crippen LogP contribution is -2.21. The highest BCUT2D eigenvalue weighted by Crippen LogP contribution is 2.31. The van der Waals surface area contributed by atoms with Gasteiger partial charge in [0.15, 0.2) is 0 Å². The fraction of sp³-hybridized carbons (Fsp3) is 0.312. The predicted octanol–water partition coefficient (Wildman–Crippen LogP) is 2.95. The monoisotopic (exact) mass is 272 g/mol. The number of hydrogen-bond acceptors (Lipinski definition) is 3. The predicted molar refractivity (Wildman–Crippen MR) is 75.0 cm³/mol. The summed E-state index contributed by atoms with van der Waals surface area (Å²) in [5, 5.41) is 3.35. The van der Waals surface area contributed by atoms with Crippen LogP contribution in [-0.4, -0.2) is 18.1 Å². The Morgan fingerprint density at radius 1 is 1.15 bits per heavy atom. The van der Waals surface area contributed by atoms with Gasteiger partial charge in [-0.2, -0.15) is 9.37 Å². The van der Waals surface area contributed by atoms with Gasteiger partial charge in [0.05, 0.1) is 0 Å². The molecule has 2 heterocycles. The van der Waals surface area contributed by atoms with E-state index in [1.54, 1.807) is 12.1 Å². The van der Waals surface area contributed by atoms with Gasteiger partial charge < -0.3 is 10.1 Å². The van der Waals surface area contributed by atoms with Crippen LogP contribution in [-0.2, 0) is 0 Å². The maximum Gasteiger partial charge on any atom is 0.216 e. The molecule has 1 saturated heterocycles. The average Bonchev–Trinajstić information content (AvgIpc) is 3.00. The summed E-state index contributed by atoms with van der Waals surface area (Å²) in [6, 6.07) is 14.7. The molecule has 104 valence electrons. The van der Waals surface area contributed by atoms with E-state index in [1.165, 1.54) is 6.07 Å². The lowest BCUT2D eigenvalue weighted by Gasteiger charge is -2.24. The Morgan fingerprint density at radius 2 is 2.00 bits per heavy atom. The molecule has 0 radical (unpaired) electrons. The summed E-state index contributed by atoms with van der Waals surface area (Å²) in [7, 11) is 0. The van der Waals surface area contributed by atoms with Crippen LogP contribution in [0.1, 0.15) is 18.1 Å². The van der Waals surface area contributed by atoms with Gasteiger partial charge in [0.25, 0.3) is 0 Å². The summed E-state index contributed by atoms with van der Waals surface area (Å²) in [5.41, 5.74) is 1.10. The van der Waals surface area contributed by atoms with Crippen molar-refractivity contribution in [3.63, 3.8) is 0 Å². The zero-order chi connectivity index (χ0) is 13.8. The van der Waals surface area contributed by atoms with Crippen molar-refractivity contribution in [1.82, 2.24) is 10.3 Å². The normalized spacial score (nSPS) is 19.8. The molecule has 4 heteroatoms. The molecular formula is C16H17FN2O. The Bertz CT molecular complexity index is 555. The molecule has 1 aliphatic heterocycles. The minimum Gasteiger partial charge on any atom is -0.469 e. The quantitative estimate of drug-likeness (QED) is 0.869. The lowest BCUT2D eigenvalue weighted by atomic mass is 9.95. The molecular weight excluding hydrogens is 255 g/mol. The Hall–Kier alpha value is -1.94. The minimum atomic E-state index is -0.515. The van der Waals surface area contributed by atoms with Crippen LogP contribution in [0.25, 0.3) is 0 Å². The van der Waals surface area contributed by atoms with Crippen molar-refractivity contribution in [1.29, 1.82) is 0 Å². The van der Waals surface area contributed by atoms with Crippen molar-refractivity contribution in [3.05, 3.63) is 60.0 Å². The average molecular weight is 272 g/mol. The fourth-order valence-corrected chi connectivity index (χ4v) is 2.60. The second-order valence-corrected chi connectivity index (χ2v) is 5.00. The smallest absolute Gasteiger partial charge is 0.216 e. The van der Waals surface area contributed by atoms with E-state index in [0.29, 0.717) is 11.8 Å². The molecule has 1 N–H and O–H groups in total. The first kappa shape index (κ1) is 13.1. The van der Waals surface area contributed by atoms with E-state index in [2.05, 4.69) is 10.3 Å². The molecule has 20 heavy (non-hydrogen) atoms. The second-order valence-electron chi connectivity index (χ2n) is 5.00. The van der Waals surface area contributed by atoms with Crippen LogP contribution in [0.3, 0.4) is 0 Å². The molecule has 3 nitrogen and oxygen atoms in total. The number of nitrogens with zero attached hydrogens (tertiary/aromatic N) is 1. The molecule has 0 aliphatic carbocycles. The third-order valence-electron chi connectivity index (χ3n) is 3.59. The first-order valence-electron chi connectivity index (χ1n) is 6.88. The van der Waals surface area contributed by atoms with Gasteiger partial charge in [-0.05, 0) is 24.6 Å². The van der Waals surface area contributed by atoms with Crippen LogP contribution >= 0.6 is 0 Å². The number of rotatable bonds is 4. The molecule has 2 aromatic rings. The van der Waals surface area contributed by atoms with Crippen LogP contribution in [0.2, 0.25) is 0 Å². The first-order valence-corrected chi connectivity index (χ1v) is 6.88. The number of hydrogen-bond donors (Lipinski definition) is 1. The minimum absolute atomic E-state index is 0.0968. The number of ether oxygens (including phenoxy) is 1. The molecule has 2 unspecified atom stereocenters. The Labute approximate surface area is 117 Å². The van der Waals surface area contributed by atoms with Crippen molar-refractivity contribution < 1.29 is 9.13 Å². The van der Waals surface area contributed by atoms with Crippen molar-refractivity contribution in [2.24, 2.45) is 5.92 Å². The molecule has 0 saturated carbocycles. The Kier molecular flexibility index (Phi) is 3.92. The largest absolute Gasteiger partial charge is 0.469 e. The number of aromatic nitrogens is 1. The van der Waals surface area contributed by atoms with Gasteiger partial charge in [-0.1, -0.05) is 36.4 Å². The van der Waals surface area contributed by atoms with Gasteiger partial charge >= 0.3 is 0 Å². The second kappa shape index (κ2) is 6.01. The van der Waals surface area contributed by atoms with E-state index in [9.17, 15) is 4.39 Å². The maximum absolute atomic E-state index is 13.2. The van der Waals surface area contributed by atoms with Crippen molar-refractivity contribution in [3.8, 4) is 5.88 Å². The van der Waals surface area contributed by atoms with E-state index in [1.807, 2.05) is 30.3 Å². The molecule has 1 aliphatic rings. The molecule has 0 bridgehead atoms. The number of nitrogens with one attached hydrogen (secondary N) is 1. The van der Waals surface area contributed by atoms with E-state index < -0.39 is 5.95 Å². The molecule has 1 aromatic heterocycles. The molecule has 1 aromatic carbocycles. The van der Waals surface area contributed by atoms with E-state index >= 15 is 0 Å². The molecule has 0 spiro atoms. The fourth-order valence-electron chi connectivity index (χ4n) is 2.60. The summed E-state index contributed by atoms with van der Waals surface area (Å²) < 4.78 is 19.2. The van der Waals surface area contributed by atoms with Gasteiger partial charge in [-0.25, -0.2) is 0 Å². The van der Waals surface area contributed by atoms with Crippen LogP contribution in [0, 0.1) is 11.9 Å². The van der Waals surface area contributed by atoms with Crippen molar-refractivity contribution in [2.75, 3.05) is 13.1 Å². The standard InChI is InChI=1S/C16H17FN2O/c17-14-7-4-8-15(19-14)20-16(13-9-10-18-11-13)12-5-2-1-3-6-12/h1-8,13,16,18H,9-11H2. The molecule has 1 fully saturated rings. The summed E-state index contributed by atoms with van der Waals surface area (Å²) >= 11 is 0. The van der Waals surface area contributed by atoms with Gasteiger partial charge in [-0.3, -0.25) is 0 Å². The van der Waals surface area contributed by atoms with Gasteiger partial charge in [-0.15, -0.1) is 0 Å². The highest BCUT2D eigenvalue weighted by Gasteiger charge is 2.28. The molecule has 3 rings (SSSR count). The zero-order valence-electron chi connectivity index (χ0n) is 11.1. The Morgan fingerprint density at radius 3 is 2.70 bits per heavy atom. The van der Waals surface area contributed by atoms with E-state index in [4.69, 9.17) is 4.74 Å². The first-order chi connectivity index (χ1) is 9.83. The maximum atomic E-state index is 13.2. The van der Waals surface area contributed by atoms with E-state index in [0.717, 1.165) is 25.1 Å². The molecule has 0 amide bonds. The van der Waals surface area contributed by atoms with Crippen LogP contribution in [0.15, 0.2) is 48.5 Å². The summed E-state index contributed by atoms with van der Waals surface area (Å²) in [6.07, 6.45) is 0.954. The zero-order valence-corrected chi connectivity index (χ0v) is 11.1. The van der Waals surface area contributed by atoms with Crippen molar-refractivity contribution >= 4 is 0 Å². The van der Waals surface area contributed by atoms with E-state index in [-0.39, 0.29) is 6.10 Å². The summed E-state index contributed by atoms with van der Waals surface area (Å²) in [5.74, 6) is 0.201. The summed E-state index contributed by atoms with van der Waals surface area (Å²) in [6.45, 7) is 1.91. The van der Waals surface area contributed by atoms with Gasteiger partial charge in [0.1, 0.15) is 6.10 Å². The number of halogens is 1. The number of pyridine rings is 1. The summed E-state index contributed by atoms with van der Waals surface area (Å²) in [4.78, 5) is 3.80. The van der Waals surface area contributed by atoms with Gasteiger partial charge in [0.2, 0.25) is 11.8 Å². The lowest BCUT2D eigenvalue weighted by molar-refractivity contribution is 0.136. The van der Waals surface area contributed by atoms with Crippen LogP contribution < -0.4 is 10.1 Å². The highest BCUT2D eigenvalue weighted by atomic mass is 19.1. The SMILES string of the molecule is Fc1cccc(OC(c2ccccc2)C2CCNC2)n1. The third-order valence-corrected chi connectivity index (χ3v) is 3.59. The third kappa shape index (κ3) is 2.96. The highest BCUT2D eigenvalue weighted by molar-refractivity contribution is 5.21. The van der Waals surface area contributed by atoms with Crippen LogP contribution in [0.5, 0.6) is 5.88 Å². The molecule has 2 atom stereocenters.